The third kappa shape index (κ3) is 3.48. The van der Waals surface area contributed by atoms with E-state index in [0.717, 1.165) is 30.2 Å². The van der Waals surface area contributed by atoms with Crippen LogP contribution in [0.5, 0.6) is 0 Å². The van der Waals surface area contributed by atoms with E-state index in [1.165, 1.54) is 32.4 Å². The SMILES string of the molecule is CCNC(CN(C)CC1CC2CCC1C2)C(C)C. The predicted octanol–water partition coefficient (Wildman–Crippen LogP) is 2.99. The van der Waals surface area contributed by atoms with Crippen LogP contribution in [0.3, 0.4) is 0 Å². The summed E-state index contributed by atoms with van der Waals surface area (Å²) in [5, 5.41) is 3.63. The van der Waals surface area contributed by atoms with E-state index >= 15 is 0 Å². The highest BCUT2D eigenvalue weighted by Gasteiger charge is 2.39. The number of hydrogen-bond acceptors (Lipinski definition) is 2. The van der Waals surface area contributed by atoms with Gasteiger partial charge < -0.3 is 10.2 Å². The average molecular weight is 252 g/mol. The molecule has 0 aromatic rings. The molecule has 0 aromatic heterocycles. The third-order valence-corrected chi connectivity index (χ3v) is 5.21. The van der Waals surface area contributed by atoms with Gasteiger partial charge in [0.25, 0.3) is 0 Å². The summed E-state index contributed by atoms with van der Waals surface area (Å²) in [6.45, 7) is 10.5. The van der Waals surface area contributed by atoms with Gasteiger partial charge in [0.2, 0.25) is 0 Å². The second-order valence-corrected chi connectivity index (χ2v) is 7.06. The molecule has 2 rings (SSSR count). The zero-order chi connectivity index (χ0) is 13.1. The first kappa shape index (κ1) is 14.3. The molecule has 2 saturated carbocycles. The summed E-state index contributed by atoms with van der Waals surface area (Å²) in [6.07, 6.45) is 6.10. The van der Waals surface area contributed by atoms with Crippen LogP contribution in [0, 0.1) is 23.7 Å². The lowest BCUT2D eigenvalue weighted by molar-refractivity contribution is 0.191. The van der Waals surface area contributed by atoms with Crippen LogP contribution in [0.4, 0.5) is 0 Å². The van der Waals surface area contributed by atoms with Crippen LogP contribution in [0.15, 0.2) is 0 Å². The van der Waals surface area contributed by atoms with Gasteiger partial charge in [0, 0.05) is 19.1 Å². The fourth-order valence-corrected chi connectivity index (χ4v) is 4.18. The number of rotatable bonds is 7. The molecule has 2 nitrogen and oxygen atoms in total. The highest BCUT2D eigenvalue weighted by molar-refractivity contribution is 4.91. The van der Waals surface area contributed by atoms with E-state index < -0.39 is 0 Å². The van der Waals surface area contributed by atoms with Gasteiger partial charge in [-0.05, 0) is 56.5 Å². The molecule has 18 heavy (non-hydrogen) atoms. The van der Waals surface area contributed by atoms with Crippen LogP contribution in [0.2, 0.25) is 0 Å². The molecule has 0 saturated heterocycles. The maximum atomic E-state index is 3.63. The second kappa shape index (κ2) is 6.38. The maximum absolute atomic E-state index is 3.63. The van der Waals surface area contributed by atoms with Crippen molar-refractivity contribution in [2.45, 2.75) is 52.5 Å². The van der Waals surface area contributed by atoms with Crippen molar-refractivity contribution < 1.29 is 0 Å². The van der Waals surface area contributed by atoms with E-state index in [9.17, 15) is 0 Å². The first-order valence-corrected chi connectivity index (χ1v) is 8.02. The van der Waals surface area contributed by atoms with Gasteiger partial charge in [-0.25, -0.2) is 0 Å². The molecule has 2 fully saturated rings. The standard InChI is InChI=1S/C16H32N2/c1-5-17-16(12(2)3)11-18(4)10-15-9-13-6-7-14(15)8-13/h12-17H,5-11H2,1-4H3. The van der Waals surface area contributed by atoms with E-state index in [4.69, 9.17) is 0 Å². The minimum Gasteiger partial charge on any atom is -0.313 e. The molecule has 0 aromatic carbocycles. The average Bonchev–Trinajstić information content (AvgIpc) is 2.90. The molecule has 0 heterocycles. The number of hydrogen-bond donors (Lipinski definition) is 1. The molecular weight excluding hydrogens is 220 g/mol. The summed E-state index contributed by atoms with van der Waals surface area (Å²) in [5.74, 6) is 3.88. The number of nitrogens with one attached hydrogen (secondary N) is 1. The van der Waals surface area contributed by atoms with Crippen molar-refractivity contribution in [2.75, 3.05) is 26.7 Å². The van der Waals surface area contributed by atoms with E-state index in [1.807, 2.05) is 0 Å². The third-order valence-electron chi connectivity index (χ3n) is 5.21. The van der Waals surface area contributed by atoms with Crippen LogP contribution < -0.4 is 5.32 Å². The molecule has 1 N–H and O–H groups in total. The fourth-order valence-electron chi connectivity index (χ4n) is 4.18. The Balaban J connectivity index is 1.75. The van der Waals surface area contributed by atoms with Crippen molar-refractivity contribution in [3.63, 3.8) is 0 Å². The van der Waals surface area contributed by atoms with Crippen LogP contribution in [0.25, 0.3) is 0 Å². The lowest BCUT2D eigenvalue weighted by Crippen LogP contribution is -2.44. The van der Waals surface area contributed by atoms with Gasteiger partial charge in [-0.2, -0.15) is 0 Å². The van der Waals surface area contributed by atoms with Crippen LogP contribution in [-0.2, 0) is 0 Å². The first-order chi connectivity index (χ1) is 8.60. The Morgan fingerprint density at radius 1 is 1.22 bits per heavy atom. The largest absolute Gasteiger partial charge is 0.313 e. The van der Waals surface area contributed by atoms with Crippen LogP contribution >= 0.6 is 0 Å². The van der Waals surface area contributed by atoms with Crippen molar-refractivity contribution in [1.82, 2.24) is 10.2 Å². The zero-order valence-corrected chi connectivity index (χ0v) is 12.8. The van der Waals surface area contributed by atoms with E-state index in [2.05, 4.69) is 38.0 Å². The highest BCUT2D eigenvalue weighted by atomic mass is 15.1. The number of fused-ring (bicyclic) bond motifs is 2. The number of nitrogens with zero attached hydrogens (tertiary/aromatic N) is 1. The Kier molecular flexibility index (Phi) is 5.08. The molecule has 2 aliphatic carbocycles. The van der Waals surface area contributed by atoms with E-state index in [0.29, 0.717) is 6.04 Å². The van der Waals surface area contributed by atoms with E-state index in [-0.39, 0.29) is 0 Å². The Morgan fingerprint density at radius 2 is 2.00 bits per heavy atom. The lowest BCUT2D eigenvalue weighted by Gasteiger charge is -2.31. The lowest BCUT2D eigenvalue weighted by atomic mass is 9.88. The summed E-state index contributed by atoms with van der Waals surface area (Å²) < 4.78 is 0. The molecule has 0 amide bonds. The van der Waals surface area contributed by atoms with Gasteiger partial charge >= 0.3 is 0 Å². The van der Waals surface area contributed by atoms with Crippen molar-refractivity contribution in [3.05, 3.63) is 0 Å². The van der Waals surface area contributed by atoms with Crippen molar-refractivity contribution in [3.8, 4) is 0 Å². The molecule has 0 radical (unpaired) electrons. The summed E-state index contributed by atoms with van der Waals surface area (Å²) in [4.78, 5) is 2.58. The van der Waals surface area contributed by atoms with Gasteiger partial charge in [-0.3, -0.25) is 0 Å². The summed E-state index contributed by atoms with van der Waals surface area (Å²) in [6, 6.07) is 0.651. The molecule has 106 valence electrons. The summed E-state index contributed by atoms with van der Waals surface area (Å²) in [7, 11) is 2.32. The minimum atomic E-state index is 0.651. The molecule has 4 atom stereocenters. The maximum Gasteiger partial charge on any atom is 0.0217 e. The zero-order valence-electron chi connectivity index (χ0n) is 12.8. The highest BCUT2D eigenvalue weighted by Crippen LogP contribution is 2.48. The van der Waals surface area contributed by atoms with Gasteiger partial charge in [-0.1, -0.05) is 27.2 Å². The monoisotopic (exact) mass is 252 g/mol. The normalized spacial score (nSPS) is 32.7. The molecule has 2 aliphatic rings. The first-order valence-electron chi connectivity index (χ1n) is 8.02. The molecule has 0 aliphatic heterocycles. The number of likely N-dealkylation sites (N-methyl/N-ethyl adjacent to an activating group) is 2. The topological polar surface area (TPSA) is 15.3 Å². The predicted molar refractivity (Wildman–Crippen MR) is 78.7 cm³/mol. The second-order valence-electron chi connectivity index (χ2n) is 7.06. The Hall–Kier alpha value is -0.0800. The molecule has 0 spiro atoms. The Morgan fingerprint density at radius 3 is 2.50 bits per heavy atom. The van der Waals surface area contributed by atoms with E-state index in [1.54, 1.807) is 6.42 Å². The fraction of sp³-hybridized carbons (Fsp3) is 1.00. The van der Waals surface area contributed by atoms with Gasteiger partial charge in [0.15, 0.2) is 0 Å². The summed E-state index contributed by atoms with van der Waals surface area (Å²) >= 11 is 0. The molecular formula is C16H32N2. The van der Waals surface area contributed by atoms with Gasteiger partial charge in [0.1, 0.15) is 0 Å². The minimum absolute atomic E-state index is 0.651. The molecule has 2 bridgehead atoms. The van der Waals surface area contributed by atoms with Gasteiger partial charge in [0.05, 0.1) is 0 Å². The van der Waals surface area contributed by atoms with Crippen molar-refractivity contribution >= 4 is 0 Å². The summed E-state index contributed by atoms with van der Waals surface area (Å²) in [5.41, 5.74) is 0. The molecule has 4 unspecified atom stereocenters. The van der Waals surface area contributed by atoms with Crippen molar-refractivity contribution in [2.24, 2.45) is 23.7 Å². The Labute approximate surface area is 114 Å². The van der Waals surface area contributed by atoms with Crippen molar-refractivity contribution in [1.29, 1.82) is 0 Å². The smallest absolute Gasteiger partial charge is 0.0217 e. The quantitative estimate of drug-likeness (QED) is 0.749. The molecule has 2 heteroatoms. The van der Waals surface area contributed by atoms with Crippen LogP contribution in [-0.4, -0.2) is 37.6 Å². The Bertz CT molecular complexity index is 247. The van der Waals surface area contributed by atoms with Crippen LogP contribution in [0.1, 0.15) is 46.5 Å². The van der Waals surface area contributed by atoms with Gasteiger partial charge in [-0.15, -0.1) is 0 Å².